The van der Waals surface area contributed by atoms with Crippen LogP contribution in [0.5, 0.6) is 0 Å². The summed E-state index contributed by atoms with van der Waals surface area (Å²) in [5, 5.41) is 3.41. The van der Waals surface area contributed by atoms with Crippen molar-refractivity contribution in [3.8, 4) is 0 Å². The number of rotatable bonds is 7. The van der Waals surface area contributed by atoms with Gasteiger partial charge in [-0.2, -0.15) is 0 Å². The lowest BCUT2D eigenvalue weighted by Crippen LogP contribution is -2.28. The van der Waals surface area contributed by atoms with E-state index in [1.165, 1.54) is 12.0 Å². The van der Waals surface area contributed by atoms with Gasteiger partial charge in [-0.3, -0.25) is 0 Å². The first-order chi connectivity index (χ1) is 8.19. The van der Waals surface area contributed by atoms with E-state index in [9.17, 15) is 0 Å². The van der Waals surface area contributed by atoms with Gasteiger partial charge in [-0.15, -0.1) is 0 Å². The molecule has 0 bridgehead atoms. The van der Waals surface area contributed by atoms with Gasteiger partial charge >= 0.3 is 0 Å². The zero-order valence-electron chi connectivity index (χ0n) is 11.5. The molecule has 0 aliphatic heterocycles. The molecule has 1 heterocycles. The zero-order valence-corrected chi connectivity index (χ0v) is 11.5. The highest BCUT2D eigenvalue weighted by Gasteiger charge is 2.09. The maximum Gasteiger partial charge on any atom is 0.128 e. The number of hydrogen-bond acceptors (Lipinski definition) is 3. The Morgan fingerprint density at radius 1 is 1.41 bits per heavy atom. The van der Waals surface area contributed by atoms with Gasteiger partial charge in [-0.25, -0.2) is 4.98 Å². The summed E-state index contributed by atoms with van der Waals surface area (Å²) >= 11 is 0. The highest BCUT2D eigenvalue weighted by atomic mass is 15.2. The fourth-order valence-corrected chi connectivity index (χ4v) is 1.67. The smallest absolute Gasteiger partial charge is 0.128 e. The van der Waals surface area contributed by atoms with Crippen molar-refractivity contribution in [2.75, 3.05) is 18.5 Å². The van der Waals surface area contributed by atoms with Crippen molar-refractivity contribution < 1.29 is 0 Å². The Kier molecular flexibility index (Phi) is 5.98. The van der Waals surface area contributed by atoms with Gasteiger partial charge < -0.3 is 10.2 Å². The molecule has 0 fully saturated rings. The van der Waals surface area contributed by atoms with Gasteiger partial charge in [0.25, 0.3) is 0 Å². The zero-order chi connectivity index (χ0) is 12.7. The molecule has 1 rings (SSSR count). The summed E-state index contributed by atoms with van der Waals surface area (Å²) in [7, 11) is 2.11. The first kappa shape index (κ1) is 14.0. The summed E-state index contributed by atoms with van der Waals surface area (Å²) in [6.07, 6.45) is 4.21. The summed E-state index contributed by atoms with van der Waals surface area (Å²) < 4.78 is 0. The lowest BCUT2D eigenvalue weighted by molar-refractivity contribution is 0.652. The van der Waals surface area contributed by atoms with E-state index in [0.717, 1.165) is 25.3 Å². The molecular formula is C14H25N3. The predicted molar refractivity (Wildman–Crippen MR) is 74.4 cm³/mol. The summed E-state index contributed by atoms with van der Waals surface area (Å²) in [6, 6.07) is 4.78. The third kappa shape index (κ3) is 4.35. The Balaban J connectivity index is 2.64. The standard InChI is InChI=1S/C14H25N3/c1-5-8-15-11-13-7-9-16-14(10-13)17(4)12(3)6-2/h7,9-10,12,15H,5-6,8,11H2,1-4H3. The van der Waals surface area contributed by atoms with Crippen LogP contribution in [0.4, 0.5) is 5.82 Å². The van der Waals surface area contributed by atoms with Crippen LogP contribution >= 0.6 is 0 Å². The molecule has 0 amide bonds. The van der Waals surface area contributed by atoms with E-state index in [-0.39, 0.29) is 0 Å². The average Bonchev–Trinajstić information content (AvgIpc) is 2.37. The van der Waals surface area contributed by atoms with Gasteiger partial charge in [0.05, 0.1) is 0 Å². The molecule has 1 aromatic rings. The minimum Gasteiger partial charge on any atom is -0.357 e. The van der Waals surface area contributed by atoms with E-state index >= 15 is 0 Å². The van der Waals surface area contributed by atoms with Crippen LogP contribution < -0.4 is 10.2 Å². The topological polar surface area (TPSA) is 28.2 Å². The lowest BCUT2D eigenvalue weighted by atomic mass is 10.2. The van der Waals surface area contributed by atoms with Gasteiger partial charge in [-0.05, 0) is 44.0 Å². The molecule has 1 aromatic heterocycles. The normalized spacial score (nSPS) is 12.5. The maximum atomic E-state index is 4.43. The SMILES string of the molecule is CCCNCc1ccnc(N(C)C(C)CC)c1. The van der Waals surface area contributed by atoms with Crippen molar-refractivity contribution in [1.29, 1.82) is 0 Å². The Labute approximate surface area is 105 Å². The number of anilines is 1. The number of aromatic nitrogens is 1. The third-order valence-corrected chi connectivity index (χ3v) is 3.18. The molecule has 0 aliphatic carbocycles. The molecule has 1 unspecified atom stereocenters. The Hall–Kier alpha value is -1.09. The molecule has 1 N–H and O–H groups in total. The first-order valence-electron chi connectivity index (χ1n) is 6.57. The highest BCUT2D eigenvalue weighted by molar-refractivity contribution is 5.41. The van der Waals surface area contributed by atoms with Gasteiger partial charge in [0.15, 0.2) is 0 Å². The summed E-state index contributed by atoms with van der Waals surface area (Å²) in [6.45, 7) is 8.61. The van der Waals surface area contributed by atoms with Crippen LogP contribution in [0.3, 0.4) is 0 Å². The van der Waals surface area contributed by atoms with Gasteiger partial charge in [0, 0.05) is 25.8 Å². The quantitative estimate of drug-likeness (QED) is 0.737. The van der Waals surface area contributed by atoms with Crippen molar-refractivity contribution in [2.24, 2.45) is 0 Å². The Bertz CT molecular complexity index is 325. The fourth-order valence-electron chi connectivity index (χ4n) is 1.67. The molecule has 0 saturated heterocycles. The van der Waals surface area contributed by atoms with Gasteiger partial charge in [0.1, 0.15) is 5.82 Å². The molecule has 96 valence electrons. The molecule has 0 spiro atoms. The van der Waals surface area contributed by atoms with Crippen LogP contribution in [-0.2, 0) is 6.54 Å². The third-order valence-electron chi connectivity index (χ3n) is 3.18. The van der Waals surface area contributed by atoms with E-state index in [2.05, 4.69) is 55.2 Å². The molecule has 0 aliphatic rings. The van der Waals surface area contributed by atoms with Gasteiger partial charge in [-0.1, -0.05) is 13.8 Å². The molecular weight excluding hydrogens is 210 g/mol. The largest absolute Gasteiger partial charge is 0.357 e. The molecule has 0 aromatic carbocycles. The molecule has 1 atom stereocenters. The second-order valence-corrected chi connectivity index (χ2v) is 4.57. The van der Waals surface area contributed by atoms with Crippen molar-refractivity contribution in [2.45, 2.75) is 46.2 Å². The number of nitrogens with zero attached hydrogens (tertiary/aromatic N) is 2. The lowest BCUT2D eigenvalue weighted by Gasteiger charge is -2.25. The van der Waals surface area contributed by atoms with E-state index in [4.69, 9.17) is 0 Å². The summed E-state index contributed by atoms with van der Waals surface area (Å²) in [5.74, 6) is 1.06. The molecule has 3 nitrogen and oxygen atoms in total. The van der Waals surface area contributed by atoms with Gasteiger partial charge in [0.2, 0.25) is 0 Å². The number of pyridine rings is 1. The number of hydrogen-bond donors (Lipinski definition) is 1. The van der Waals surface area contributed by atoms with E-state index in [1.807, 2.05) is 6.20 Å². The van der Waals surface area contributed by atoms with Crippen LogP contribution in [0.15, 0.2) is 18.3 Å². The summed E-state index contributed by atoms with van der Waals surface area (Å²) in [5.41, 5.74) is 1.30. The van der Waals surface area contributed by atoms with E-state index in [1.54, 1.807) is 0 Å². The number of nitrogens with one attached hydrogen (secondary N) is 1. The van der Waals surface area contributed by atoms with E-state index in [0.29, 0.717) is 6.04 Å². The molecule has 17 heavy (non-hydrogen) atoms. The molecule has 3 heteroatoms. The second kappa shape index (κ2) is 7.28. The minimum absolute atomic E-state index is 0.529. The van der Waals surface area contributed by atoms with Crippen molar-refractivity contribution >= 4 is 5.82 Å². The van der Waals surface area contributed by atoms with Crippen LogP contribution in [0.25, 0.3) is 0 Å². The fraction of sp³-hybridized carbons (Fsp3) is 0.643. The van der Waals surface area contributed by atoms with E-state index < -0.39 is 0 Å². The molecule has 0 radical (unpaired) electrons. The van der Waals surface area contributed by atoms with Crippen LogP contribution in [0.1, 0.15) is 39.2 Å². The summed E-state index contributed by atoms with van der Waals surface area (Å²) in [4.78, 5) is 6.67. The van der Waals surface area contributed by atoms with Crippen LogP contribution in [0, 0.1) is 0 Å². The monoisotopic (exact) mass is 235 g/mol. The average molecular weight is 235 g/mol. The van der Waals surface area contributed by atoms with Crippen molar-refractivity contribution in [1.82, 2.24) is 10.3 Å². The highest BCUT2D eigenvalue weighted by Crippen LogP contribution is 2.15. The molecule has 0 saturated carbocycles. The maximum absolute atomic E-state index is 4.43. The van der Waals surface area contributed by atoms with Crippen LogP contribution in [0.2, 0.25) is 0 Å². The second-order valence-electron chi connectivity index (χ2n) is 4.57. The predicted octanol–water partition coefficient (Wildman–Crippen LogP) is 2.82. The van der Waals surface area contributed by atoms with Crippen molar-refractivity contribution in [3.05, 3.63) is 23.9 Å². The van der Waals surface area contributed by atoms with Crippen molar-refractivity contribution in [3.63, 3.8) is 0 Å². The Morgan fingerprint density at radius 3 is 2.82 bits per heavy atom. The minimum atomic E-state index is 0.529. The Morgan fingerprint density at radius 2 is 2.18 bits per heavy atom. The first-order valence-corrected chi connectivity index (χ1v) is 6.57. The van der Waals surface area contributed by atoms with Crippen LogP contribution in [-0.4, -0.2) is 24.6 Å².